The highest BCUT2D eigenvalue weighted by molar-refractivity contribution is 7.99. The second-order valence-corrected chi connectivity index (χ2v) is 7.79. The molecule has 1 amide bonds. The molecular weight excluding hydrogens is 394 g/mol. The summed E-state index contributed by atoms with van der Waals surface area (Å²) >= 11 is 1.37. The van der Waals surface area contributed by atoms with Gasteiger partial charge in [0.1, 0.15) is 5.69 Å². The summed E-state index contributed by atoms with van der Waals surface area (Å²) in [5.41, 5.74) is 4.00. The van der Waals surface area contributed by atoms with Gasteiger partial charge in [0.05, 0.1) is 5.75 Å². The smallest absolute Gasteiger partial charge is 0.234 e. The molecule has 1 N–H and O–H groups in total. The average Bonchev–Trinajstić information content (AvgIpc) is 3.22. The quantitative estimate of drug-likeness (QED) is 0.558. The number of allylic oxidation sites excluding steroid dienone is 4. The summed E-state index contributed by atoms with van der Waals surface area (Å²) in [5.74, 6) is 0.907. The molecule has 7 heteroatoms. The van der Waals surface area contributed by atoms with Crippen molar-refractivity contribution < 1.29 is 4.79 Å². The van der Waals surface area contributed by atoms with E-state index < -0.39 is 0 Å². The number of rotatable bonds is 7. The standard InChI is InChI=1S/C23H23N5OS/c1-2-28-22(20-14-13-18(15-24-20)17-9-5-3-6-10-17)26-27-23(28)30-16-21(29)25-19-11-7-4-8-12-19/h3-5,7-9,11-15H,2,6,10,16H2,1H3,(H,25,29). The zero-order valence-electron chi connectivity index (χ0n) is 16.8. The number of hydrogen-bond acceptors (Lipinski definition) is 5. The Morgan fingerprint density at radius 2 is 2.03 bits per heavy atom. The first-order valence-electron chi connectivity index (χ1n) is 9.98. The minimum atomic E-state index is -0.0734. The molecule has 0 saturated heterocycles. The molecule has 0 aliphatic heterocycles. The van der Waals surface area contributed by atoms with E-state index in [1.165, 1.54) is 17.3 Å². The predicted octanol–water partition coefficient (Wildman–Crippen LogP) is 4.82. The van der Waals surface area contributed by atoms with Crippen molar-refractivity contribution in [2.75, 3.05) is 11.1 Å². The van der Waals surface area contributed by atoms with Gasteiger partial charge < -0.3 is 9.88 Å². The predicted molar refractivity (Wildman–Crippen MR) is 121 cm³/mol. The second kappa shape index (κ2) is 9.54. The van der Waals surface area contributed by atoms with Crippen LogP contribution in [0.15, 0.2) is 72.0 Å². The monoisotopic (exact) mass is 417 g/mol. The van der Waals surface area contributed by atoms with Crippen LogP contribution >= 0.6 is 11.8 Å². The number of aromatic nitrogens is 4. The van der Waals surface area contributed by atoms with Gasteiger partial charge in [-0.3, -0.25) is 9.78 Å². The molecule has 0 fully saturated rings. The Balaban J connectivity index is 1.45. The van der Waals surface area contributed by atoms with Crippen molar-refractivity contribution in [2.24, 2.45) is 0 Å². The van der Waals surface area contributed by atoms with E-state index in [2.05, 4.69) is 44.8 Å². The first-order chi connectivity index (χ1) is 14.7. The number of thioether (sulfide) groups is 1. The molecule has 30 heavy (non-hydrogen) atoms. The van der Waals surface area contributed by atoms with Crippen molar-refractivity contribution in [3.63, 3.8) is 0 Å². The Morgan fingerprint density at radius 1 is 1.17 bits per heavy atom. The van der Waals surface area contributed by atoms with Crippen molar-refractivity contribution in [2.45, 2.75) is 31.5 Å². The minimum absolute atomic E-state index is 0.0734. The lowest BCUT2D eigenvalue weighted by molar-refractivity contribution is -0.113. The molecular formula is C23H23N5OS. The van der Waals surface area contributed by atoms with Gasteiger partial charge >= 0.3 is 0 Å². The van der Waals surface area contributed by atoms with Crippen LogP contribution in [0.5, 0.6) is 0 Å². The van der Waals surface area contributed by atoms with E-state index in [1.807, 2.05) is 54.1 Å². The van der Waals surface area contributed by atoms with Gasteiger partial charge in [0.15, 0.2) is 11.0 Å². The normalized spacial score (nSPS) is 13.2. The van der Waals surface area contributed by atoms with Crippen LogP contribution in [0.4, 0.5) is 5.69 Å². The topological polar surface area (TPSA) is 72.7 Å². The van der Waals surface area contributed by atoms with Crippen LogP contribution < -0.4 is 5.32 Å². The Hall–Kier alpha value is -3.19. The second-order valence-electron chi connectivity index (χ2n) is 6.84. The van der Waals surface area contributed by atoms with E-state index in [0.717, 1.165) is 29.8 Å². The summed E-state index contributed by atoms with van der Waals surface area (Å²) < 4.78 is 1.99. The van der Waals surface area contributed by atoms with Crippen LogP contribution in [0.1, 0.15) is 25.3 Å². The Labute approximate surface area is 180 Å². The summed E-state index contributed by atoms with van der Waals surface area (Å²) in [4.78, 5) is 16.9. The van der Waals surface area contributed by atoms with Gasteiger partial charge in [0.2, 0.25) is 5.91 Å². The Morgan fingerprint density at radius 3 is 2.73 bits per heavy atom. The van der Waals surface area contributed by atoms with Crippen molar-refractivity contribution in [1.82, 2.24) is 19.7 Å². The zero-order valence-corrected chi connectivity index (χ0v) is 17.6. The molecule has 0 unspecified atom stereocenters. The van der Waals surface area contributed by atoms with Gasteiger partial charge in [-0.05, 0) is 49.1 Å². The number of pyridine rings is 1. The number of para-hydroxylation sites is 1. The third kappa shape index (κ3) is 4.68. The molecule has 0 bridgehead atoms. The molecule has 1 aliphatic rings. The van der Waals surface area contributed by atoms with E-state index in [0.29, 0.717) is 17.5 Å². The third-order valence-corrected chi connectivity index (χ3v) is 5.77. The fraction of sp³-hybridized carbons (Fsp3) is 0.217. The molecule has 3 aromatic rings. The first-order valence-corrected chi connectivity index (χ1v) is 11.0. The van der Waals surface area contributed by atoms with Crippen molar-refractivity contribution in [1.29, 1.82) is 0 Å². The van der Waals surface area contributed by atoms with Gasteiger partial charge in [-0.1, -0.05) is 54.3 Å². The highest BCUT2D eigenvalue weighted by Crippen LogP contribution is 2.26. The molecule has 0 radical (unpaired) electrons. The van der Waals surface area contributed by atoms with Gasteiger partial charge in [-0.2, -0.15) is 0 Å². The Bertz CT molecular complexity index is 1070. The number of amides is 1. The summed E-state index contributed by atoms with van der Waals surface area (Å²) in [7, 11) is 0. The maximum absolute atomic E-state index is 12.2. The fourth-order valence-corrected chi connectivity index (χ4v) is 4.08. The molecule has 152 valence electrons. The SMILES string of the molecule is CCn1c(SCC(=O)Nc2ccccc2)nnc1-c1ccc(C2=CC=CCC2)cn1. The molecule has 2 heterocycles. The molecule has 6 nitrogen and oxygen atoms in total. The number of hydrogen-bond donors (Lipinski definition) is 1. The van der Waals surface area contributed by atoms with Gasteiger partial charge in [0, 0.05) is 18.4 Å². The number of carbonyl (C=O) groups is 1. The van der Waals surface area contributed by atoms with Crippen molar-refractivity contribution in [3.05, 3.63) is 72.5 Å². The number of anilines is 1. The average molecular weight is 418 g/mol. The number of nitrogens with one attached hydrogen (secondary N) is 1. The molecule has 0 atom stereocenters. The zero-order chi connectivity index (χ0) is 20.8. The highest BCUT2D eigenvalue weighted by atomic mass is 32.2. The number of benzene rings is 1. The van der Waals surface area contributed by atoms with Crippen molar-refractivity contribution >= 4 is 28.9 Å². The van der Waals surface area contributed by atoms with Crippen LogP contribution in [0.25, 0.3) is 17.1 Å². The van der Waals surface area contributed by atoms with Crippen molar-refractivity contribution in [3.8, 4) is 11.5 Å². The molecule has 4 rings (SSSR count). The van der Waals surface area contributed by atoms with E-state index in [9.17, 15) is 4.79 Å². The molecule has 1 aromatic carbocycles. The van der Waals surface area contributed by atoms with E-state index in [1.54, 1.807) is 0 Å². The summed E-state index contributed by atoms with van der Waals surface area (Å²) in [6, 6.07) is 13.5. The largest absolute Gasteiger partial charge is 0.325 e. The summed E-state index contributed by atoms with van der Waals surface area (Å²) in [6.45, 7) is 2.73. The summed E-state index contributed by atoms with van der Waals surface area (Å²) in [6.07, 6.45) is 10.4. The van der Waals surface area contributed by atoms with E-state index in [4.69, 9.17) is 0 Å². The Kier molecular flexibility index (Phi) is 6.39. The van der Waals surface area contributed by atoms with Crippen LogP contribution in [-0.2, 0) is 11.3 Å². The molecule has 2 aromatic heterocycles. The first kappa shape index (κ1) is 20.1. The van der Waals surface area contributed by atoms with Crippen LogP contribution in [0.3, 0.4) is 0 Å². The van der Waals surface area contributed by atoms with Gasteiger partial charge in [0.25, 0.3) is 0 Å². The van der Waals surface area contributed by atoms with Crippen LogP contribution in [0, 0.1) is 0 Å². The molecule has 1 aliphatic carbocycles. The summed E-state index contributed by atoms with van der Waals surface area (Å²) in [5, 5.41) is 12.2. The molecule has 0 saturated carbocycles. The van der Waals surface area contributed by atoms with Gasteiger partial charge in [-0.15, -0.1) is 10.2 Å². The lowest BCUT2D eigenvalue weighted by Crippen LogP contribution is -2.14. The third-order valence-electron chi connectivity index (χ3n) is 4.80. The van der Waals surface area contributed by atoms with E-state index >= 15 is 0 Å². The number of carbonyl (C=O) groups excluding carboxylic acids is 1. The lowest BCUT2D eigenvalue weighted by Gasteiger charge is -2.10. The maximum atomic E-state index is 12.2. The molecule has 0 spiro atoms. The van der Waals surface area contributed by atoms with E-state index in [-0.39, 0.29) is 11.7 Å². The fourth-order valence-electron chi connectivity index (χ4n) is 3.28. The number of nitrogens with zero attached hydrogens (tertiary/aromatic N) is 4. The lowest BCUT2D eigenvalue weighted by atomic mass is 9.99. The maximum Gasteiger partial charge on any atom is 0.234 e. The highest BCUT2D eigenvalue weighted by Gasteiger charge is 2.16. The van der Waals surface area contributed by atoms with Crippen LogP contribution in [0.2, 0.25) is 0 Å². The van der Waals surface area contributed by atoms with Gasteiger partial charge in [-0.25, -0.2) is 0 Å². The minimum Gasteiger partial charge on any atom is -0.325 e. The van der Waals surface area contributed by atoms with Crippen LogP contribution in [-0.4, -0.2) is 31.4 Å².